The van der Waals surface area contributed by atoms with Gasteiger partial charge in [0.1, 0.15) is 0 Å². The molecule has 0 fully saturated rings. The van der Waals surface area contributed by atoms with Gasteiger partial charge in [-0.25, -0.2) is 0 Å². The van der Waals surface area contributed by atoms with Crippen molar-refractivity contribution in [3.05, 3.63) is 12.2 Å². The van der Waals surface area contributed by atoms with Gasteiger partial charge in [0.15, 0.2) is 0 Å². The van der Waals surface area contributed by atoms with Crippen molar-refractivity contribution in [1.82, 2.24) is 4.90 Å². The van der Waals surface area contributed by atoms with E-state index in [0.29, 0.717) is 17.7 Å². The van der Waals surface area contributed by atoms with E-state index in [9.17, 15) is 4.79 Å². The van der Waals surface area contributed by atoms with Crippen LogP contribution in [-0.2, 0) is 4.79 Å². The van der Waals surface area contributed by atoms with E-state index < -0.39 is 0 Å². The highest BCUT2D eigenvalue weighted by molar-refractivity contribution is 5.80. The predicted molar refractivity (Wildman–Crippen MR) is 116 cm³/mol. The molecule has 154 valence electrons. The summed E-state index contributed by atoms with van der Waals surface area (Å²) < 4.78 is 0. The van der Waals surface area contributed by atoms with Crippen molar-refractivity contribution in [2.24, 2.45) is 23.2 Å². The summed E-state index contributed by atoms with van der Waals surface area (Å²) in [6.07, 6.45) is 12.5. The lowest BCUT2D eigenvalue weighted by Gasteiger charge is -2.42. The van der Waals surface area contributed by atoms with Gasteiger partial charge in [-0.1, -0.05) is 92.7 Å². The van der Waals surface area contributed by atoms with Crippen molar-refractivity contribution in [2.45, 2.75) is 100 Å². The molecule has 0 saturated carbocycles. The average Bonchev–Trinajstić information content (AvgIpc) is 2.64. The van der Waals surface area contributed by atoms with Crippen LogP contribution in [0.4, 0.5) is 0 Å². The monoisotopic (exact) mass is 365 g/mol. The Bertz CT molecular complexity index is 399. The number of allylic oxidation sites excluding steroid dienone is 1. The van der Waals surface area contributed by atoms with Gasteiger partial charge >= 0.3 is 0 Å². The van der Waals surface area contributed by atoms with Crippen molar-refractivity contribution in [3.8, 4) is 0 Å². The van der Waals surface area contributed by atoms with Crippen molar-refractivity contribution in [1.29, 1.82) is 0 Å². The zero-order valence-corrected chi connectivity index (χ0v) is 19.1. The summed E-state index contributed by atoms with van der Waals surface area (Å²) in [7, 11) is 0. The van der Waals surface area contributed by atoms with E-state index in [0.717, 1.165) is 45.2 Å². The Balaban J connectivity index is 5.25. The molecule has 0 spiro atoms. The highest BCUT2D eigenvalue weighted by atomic mass is 16.2. The van der Waals surface area contributed by atoms with Crippen molar-refractivity contribution >= 4 is 5.91 Å². The Kier molecular flexibility index (Phi) is 13.0. The Hall–Kier alpha value is -0.790. The molecule has 1 amide bonds. The molecule has 3 unspecified atom stereocenters. The standard InChI is InChI=1S/C24H47NO/c1-9-14-15-16-17-18-19-25(13-5)23(26)22(24(7,8)12-4)21(11-3)20(6)10-2/h16-17,20-22H,9-15,18-19H2,1-8H3/b17-16+. The summed E-state index contributed by atoms with van der Waals surface area (Å²) in [6, 6.07) is 0. The number of nitrogens with zero attached hydrogens (tertiary/aromatic N) is 1. The quantitative estimate of drug-likeness (QED) is 0.237. The highest BCUT2D eigenvalue weighted by Gasteiger charge is 2.42. The van der Waals surface area contributed by atoms with E-state index in [4.69, 9.17) is 0 Å². The molecule has 0 aliphatic carbocycles. The third-order valence-corrected chi connectivity index (χ3v) is 6.44. The number of hydrogen-bond donors (Lipinski definition) is 0. The van der Waals surface area contributed by atoms with E-state index >= 15 is 0 Å². The summed E-state index contributed by atoms with van der Waals surface area (Å²) in [5.74, 6) is 1.56. The smallest absolute Gasteiger partial charge is 0.226 e. The first-order chi connectivity index (χ1) is 12.3. The fraction of sp³-hybridized carbons (Fsp3) is 0.875. The topological polar surface area (TPSA) is 20.3 Å². The maximum Gasteiger partial charge on any atom is 0.226 e. The summed E-state index contributed by atoms with van der Waals surface area (Å²) in [6.45, 7) is 19.7. The first kappa shape index (κ1) is 25.2. The second kappa shape index (κ2) is 13.4. The lowest BCUT2D eigenvalue weighted by Crippen LogP contribution is -2.47. The summed E-state index contributed by atoms with van der Waals surface area (Å²) in [5, 5.41) is 0. The molecule has 0 aromatic carbocycles. The van der Waals surface area contributed by atoms with Gasteiger partial charge in [-0.3, -0.25) is 4.79 Å². The maximum absolute atomic E-state index is 13.6. The molecular formula is C24H47NO. The Morgan fingerprint density at radius 1 is 1.00 bits per heavy atom. The molecule has 3 atom stereocenters. The molecule has 0 radical (unpaired) electrons. The number of unbranched alkanes of at least 4 members (excludes halogenated alkanes) is 2. The summed E-state index contributed by atoms with van der Waals surface area (Å²) in [5.41, 5.74) is 0.0472. The van der Waals surface area contributed by atoms with Crippen LogP contribution in [0.3, 0.4) is 0 Å². The third kappa shape index (κ3) is 7.84. The molecule has 0 aromatic heterocycles. The van der Waals surface area contributed by atoms with Crippen molar-refractivity contribution < 1.29 is 4.79 Å². The Morgan fingerprint density at radius 3 is 2.08 bits per heavy atom. The van der Waals surface area contributed by atoms with Gasteiger partial charge < -0.3 is 4.90 Å². The van der Waals surface area contributed by atoms with Crippen LogP contribution in [0.2, 0.25) is 0 Å². The lowest BCUT2D eigenvalue weighted by atomic mass is 9.65. The minimum Gasteiger partial charge on any atom is -0.342 e. The molecule has 0 saturated heterocycles. The van der Waals surface area contributed by atoms with Crippen LogP contribution in [0.15, 0.2) is 12.2 Å². The van der Waals surface area contributed by atoms with Gasteiger partial charge in [0.2, 0.25) is 5.91 Å². The second-order valence-electron chi connectivity index (χ2n) is 8.60. The molecule has 0 aliphatic rings. The lowest BCUT2D eigenvalue weighted by molar-refractivity contribution is -0.143. The van der Waals surface area contributed by atoms with Crippen LogP contribution in [-0.4, -0.2) is 23.9 Å². The summed E-state index contributed by atoms with van der Waals surface area (Å²) in [4.78, 5) is 15.7. The molecule has 2 heteroatoms. The average molecular weight is 366 g/mol. The zero-order valence-electron chi connectivity index (χ0n) is 19.1. The van der Waals surface area contributed by atoms with Crippen LogP contribution in [0.25, 0.3) is 0 Å². The van der Waals surface area contributed by atoms with E-state index in [1.54, 1.807) is 0 Å². The number of rotatable bonds is 14. The van der Waals surface area contributed by atoms with Crippen LogP contribution in [0, 0.1) is 23.2 Å². The minimum absolute atomic E-state index is 0.0472. The minimum atomic E-state index is 0.0472. The first-order valence-electron chi connectivity index (χ1n) is 11.2. The van der Waals surface area contributed by atoms with E-state index in [2.05, 4.69) is 72.4 Å². The van der Waals surface area contributed by atoms with Crippen LogP contribution in [0.5, 0.6) is 0 Å². The van der Waals surface area contributed by atoms with Gasteiger partial charge in [-0.2, -0.15) is 0 Å². The zero-order chi connectivity index (χ0) is 20.2. The summed E-state index contributed by atoms with van der Waals surface area (Å²) >= 11 is 0. The van der Waals surface area contributed by atoms with Gasteiger partial charge in [-0.05, 0) is 37.0 Å². The predicted octanol–water partition coefficient (Wildman–Crippen LogP) is 7.10. The van der Waals surface area contributed by atoms with Gasteiger partial charge in [0.25, 0.3) is 0 Å². The van der Waals surface area contributed by atoms with Gasteiger partial charge in [0, 0.05) is 19.0 Å². The van der Waals surface area contributed by atoms with Crippen LogP contribution >= 0.6 is 0 Å². The molecule has 0 aromatic rings. The Labute approximate surface area is 164 Å². The van der Waals surface area contributed by atoms with Crippen molar-refractivity contribution in [2.75, 3.05) is 13.1 Å². The molecule has 0 rings (SSSR count). The molecule has 0 N–H and O–H groups in total. The number of carbonyl (C=O) groups is 1. The number of hydrogen-bond acceptors (Lipinski definition) is 1. The number of carbonyl (C=O) groups excluding carboxylic acids is 1. The molecule has 0 heterocycles. The normalized spacial score (nSPS) is 15.8. The molecular weight excluding hydrogens is 318 g/mol. The fourth-order valence-corrected chi connectivity index (χ4v) is 4.00. The molecule has 0 bridgehead atoms. The van der Waals surface area contributed by atoms with E-state index in [1.165, 1.54) is 12.8 Å². The van der Waals surface area contributed by atoms with Crippen LogP contribution in [0.1, 0.15) is 100 Å². The van der Waals surface area contributed by atoms with Gasteiger partial charge in [-0.15, -0.1) is 0 Å². The second-order valence-corrected chi connectivity index (χ2v) is 8.60. The first-order valence-corrected chi connectivity index (χ1v) is 11.2. The molecule has 0 aliphatic heterocycles. The molecule has 2 nitrogen and oxygen atoms in total. The fourth-order valence-electron chi connectivity index (χ4n) is 4.00. The van der Waals surface area contributed by atoms with Crippen molar-refractivity contribution in [3.63, 3.8) is 0 Å². The molecule has 26 heavy (non-hydrogen) atoms. The Morgan fingerprint density at radius 2 is 1.62 bits per heavy atom. The maximum atomic E-state index is 13.6. The van der Waals surface area contributed by atoms with E-state index in [-0.39, 0.29) is 11.3 Å². The SMILES string of the molecule is CCCC/C=C/CCN(CC)C(=O)C(C(CC)C(C)CC)C(C)(C)CC. The number of amides is 1. The van der Waals surface area contributed by atoms with Crippen LogP contribution < -0.4 is 0 Å². The van der Waals surface area contributed by atoms with Gasteiger partial charge in [0.05, 0.1) is 0 Å². The highest BCUT2D eigenvalue weighted by Crippen LogP contribution is 2.42. The largest absolute Gasteiger partial charge is 0.342 e. The third-order valence-electron chi connectivity index (χ3n) is 6.44. The van der Waals surface area contributed by atoms with E-state index in [1.807, 2.05) is 0 Å².